The molecule has 1 atom stereocenters. The lowest BCUT2D eigenvalue weighted by molar-refractivity contribution is -0.147. The number of hydrogen-bond acceptors (Lipinski definition) is 8. The maximum atomic E-state index is 12.3. The highest BCUT2D eigenvalue weighted by molar-refractivity contribution is 7.17. The molecule has 1 aromatic heterocycles. The molecule has 1 unspecified atom stereocenters. The van der Waals surface area contributed by atoms with E-state index in [1.165, 1.54) is 0 Å². The van der Waals surface area contributed by atoms with Gasteiger partial charge in [0.15, 0.2) is 11.5 Å². The van der Waals surface area contributed by atoms with Gasteiger partial charge in [-0.3, -0.25) is 9.59 Å². The van der Waals surface area contributed by atoms with Gasteiger partial charge in [0.2, 0.25) is 12.7 Å². The van der Waals surface area contributed by atoms with Crippen LogP contribution in [0.1, 0.15) is 26.4 Å². The van der Waals surface area contributed by atoms with Gasteiger partial charge in [-0.1, -0.05) is 6.07 Å². The summed E-state index contributed by atoms with van der Waals surface area (Å²) in [6, 6.07) is 5.25. The van der Waals surface area contributed by atoms with Gasteiger partial charge in [-0.2, -0.15) is 0 Å². The third-order valence-corrected chi connectivity index (χ3v) is 6.06. The van der Waals surface area contributed by atoms with Crippen molar-refractivity contribution in [2.75, 3.05) is 18.7 Å². The average molecular weight is 462 g/mol. The van der Waals surface area contributed by atoms with E-state index in [1.807, 2.05) is 0 Å². The molecule has 0 radical (unpaired) electrons. The fraction of sp³-hybridized carbons (Fsp3) is 0.300. The summed E-state index contributed by atoms with van der Waals surface area (Å²) in [5.74, 6) is -3.34. The van der Waals surface area contributed by atoms with Crippen LogP contribution in [0.25, 0.3) is 0 Å². The van der Waals surface area contributed by atoms with Gasteiger partial charge in [0, 0.05) is 17.8 Å². The molecule has 168 valence electrons. The first kappa shape index (κ1) is 21.6. The number of thiophene rings is 1. The summed E-state index contributed by atoms with van der Waals surface area (Å²) in [4.78, 5) is 46.9. The van der Waals surface area contributed by atoms with Crippen LogP contribution in [-0.2, 0) is 38.6 Å². The molecule has 0 bridgehead atoms. The number of aromatic carboxylic acids is 1. The maximum absolute atomic E-state index is 12.3. The first-order chi connectivity index (χ1) is 15.3. The van der Waals surface area contributed by atoms with Crippen LogP contribution in [-0.4, -0.2) is 53.4 Å². The molecule has 32 heavy (non-hydrogen) atoms. The molecule has 2 aromatic rings. The number of carboxylic acids is 2. The topological polar surface area (TPSA) is 160 Å². The van der Waals surface area contributed by atoms with E-state index in [0.29, 0.717) is 21.9 Å². The van der Waals surface area contributed by atoms with Crippen LogP contribution in [0.3, 0.4) is 0 Å². The molecule has 0 saturated heterocycles. The zero-order valence-corrected chi connectivity index (χ0v) is 17.3. The minimum atomic E-state index is -1.72. The van der Waals surface area contributed by atoms with Crippen molar-refractivity contribution >= 4 is 40.1 Å². The Labute approximate surface area is 184 Å². The van der Waals surface area contributed by atoms with E-state index < -0.39 is 23.9 Å². The third kappa shape index (κ3) is 4.50. The van der Waals surface area contributed by atoms with Gasteiger partial charge in [-0.05, 0) is 23.3 Å². The Morgan fingerprint density at radius 2 is 1.91 bits per heavy atom. The van der Waals surface area contributed by atoms with Crippen LogP contribution in [0.2, 0.25) is 0 Å². The van der Waals surface area contributed by atoms with Crippen LogP contribution in [0.15, 0.2) is 18.2 Å². The Bertz CT molecular complexity index is 1110. The fourth-order valence-corrected chi connectivity index (χ4v) is 4.59. The quantitative estimate of drug-likeness (QED) is 0.459. The molecule has 0 aliphatic carbocycles. The van der Waals surface area contributed by atoms with Crippen molar-refractivity contribution < 1.29 is 43.6 Å². The minimum Gasteiger partial charge on any atom is -0.478 e. The molecule has 1 aromatic carbocycles. The second-order valence-electron chi connectivity index (χ2n) is 7.08. The highest BCUT2D eigenvalue weighted by Gasteiger charge is 2.31. The lowest BCUT2D eigenvalue weighted by Gasteiger charge is -2.23. The summed E-state index contributed by atoms with van der Waals surface area (Å²) in [6.07, 6.45) is -0.154. The second kappa shape index (κ2) is 8.85. The number of carbonyl (C=O) groups is 4. The van der Waals surface area contributed by atoms with Crippen LogP contribution < -0.4 is 20.1 Å². The lowest BCUT2D eigenvalue weighted by atomic mass is 10.0. The van der Waals surface area contributed by atoms with Crippen LogP contribution in [0, 0.1) is 0 Å². The number of carbonyl (C=O) groups excluding carboxylic acids is 2. The number of fused-ring (bicyclic) bond motifs is 2. The molecule has 0 spiro atoms. The zero-order chi connectivity index (χ0) is 22.8. The van der Waals surface area contributed by atoms with Crippen LogP contribution >= 0.6 is 11.3 Å². The van der Waals surface area contributed by atoms with E-state index in [0.717, 1.165) is 16.9 Å². The number of nitrogens with one attached hydrogen (secondary N) is 2. The van der Waals surface area contributed by atoms with Crippen molar-refractivity contribution in [3.8, 4) is 11.5 Å². The SMILES string of the molecule is O=C(Cc1ccc2c(c1)OCO2)NCC1Cc2c(sc(NC(=O)C(=O)O)c2C(=O)O)CO1. The first-order valence-electron chi connectivity index (χ1n) is 9.50. The van der Waals surface area contributed by atoms with Crippen molar-refractivity contribution in [1.82, 2.24) is 5.32 Å². The smallest absolute Gasteiger partial charge is 0.394 e. The molecule has 0 fully saturated rings. The van der Waals surface area contributed by atoms with Crippen molar-refractivity contribution in [2.24, 2.45) is 0 Å². The predicted octanol–water partition coefficient (Wildman–Crippen LogP) is 0.998. The second-order valence-corrected chi connectivity index (χ2v) is 8.18. The van der Waals surface area contributed by atoms with Gasteiger partial charge < -0.3 is 35.1 Å². The monoisotopic (exact) mass is 462 g/mol. The van der Waals surface area contributed by atoms with E-state index in [9.17, 15) is 24.3 Å². The molecule has 2 aliphatic heterocycles. The normalized spacial score (nSPS) is 16.2. The first-order valence-corrected chi connectivity index (χ1v) is 10.3. The Morgan fingerprint density at radius 1 is 1.12 bits per heavy atom. The van der Waals surface area contributed by atoms with Gasteiger partial charge in [0.25, 0.3) is 0 Å². The molecule has 0 saturated carbocycles. The number of ether oxygens (including phenoxy) is 3. The van der Waals surface area contributed by atoms with E-state index in [1.54, 1.807) is 18.2 Å². The molecule has 2 amide bonds. The van der Waals surface area contributed by atoms with Crippen LogP contribution in [0.4, 0.5) is 5.00 Å². The van der Waals surface area contributed by atoms with Crippen LogP contribution in [0.5, 0.6) is 11.5 Å². The standard InChI is InChI=1S/C20H18N2O9S/c23-15(4-9-1-2-12-13(3-9)31-8-30-12)21-6-10-5-11-14(7-29-10)32-18(16(11)19(25)26)22-17(24)20(27)28/h1-3,10H,4-8H2,(H,21,23)(H,22,24)(H,25,26)(H,27,28). The Morgan fingerprint density at radius 3 is 2.66 bits per heavy atom. The summed E-state index contributed by atoms with van der Waals surface area (Å²) in [6.45, 7) is 0.398. The number of rotatable bonds is 6. The van der Waals surface area contributed by atoms with Gasteiger partial charge in [0.1, 0.15) is 5.00 Å². The highest BCUT2D eigenvalue weighted by Crippen LogP contribution is 2.38. The van der Waals surface area contributed by atoms with E-state index in [4.69, 9.17) is 19.3 Å². The van der Waals surface area contributed by atoms with Gasteiger partial charge in [-0.25, -0.2) is 9.59 Å². The molecule has 4 N–H and O–H groups in total. The van der Waals surface area contributed by atoms with Gasteiger partial charge in [0.05, 0.1) is 24.7 Å². The lowest BCUT2D eigenvalue weighted by Crippen LogP contribution is -2.37. The third-order valence-electron chi connectivity index (χ3n) is 4.94. The maximum Gasteiger partial charge on any atom is 0.394 e. The molecule has 3 heterocycles. The van der Waals surface area contributed by atoms with Crippen molar-refractivity contribution in [3.05, 3.63) is 39.8 Å². The largest absolute Gasteiger partial charge is 0.478 e. The summed E-state index contributed by atoms with van der Waals surface area (Å²) >= 11 is 0.963. The Kier molecular flexibility index (Phi) is 5.97. The molecule has 12 heteroatoms. The predicted molar refractivity (Wildman–Crippen MR) is 109 cm³/mol. The molecular formula is C20H18N2O9S. The van der Waals surface area contributed by atoms with E-state index >= 15 is 0 Å². The average Bonchev–Trinajstić information content (AvgIpc) is 3.35. The number of anilines is 1. The number of hydrogen-bond donors (Lipinski definition) is 4. The minimum absolute atomic E-state index is 0.0500. The summed E-state index contributed by atoms with van der Waals surface area (Å²) in [5.41, 5.74) is 1.06. The summed E-state index contributed by atoms with van der Waals surface area (Å²) < 4.78 is 16.2. The summed E-state index contributed by atoms with van der Waals surface area (Å²) in [7, 11) is 0. The van der Waals surface area contributed by atoms with Crippen molar-refractivity contribution in [1.29, 1.82) is 0 Å². The molecular weight excluding hydrogens is 444 g/mol. The highest BCUT2D eigenvalue weighted by atomic mass is 32.1. The van der Waals surface area contributed by atoms with Crippen molar-refractivity contribution in [2.45, 2.75) is 25.6 Å². The van der Waals surface area contributed by atoms with E-state index in [-0.39, 0.29) is 49.3 Å². The number of benzene rings is 1. The van der Waals surface area contributed by atoms with Gasteiger partial charge >= 0.3 is 17.8 Å². The Balaban J connectivity index is 1.38. The fourth-order valence-electron chi connectivity index (χ4n) is 3.45. The number of carboxylic acid groups (broad SMARTS) is 2. The summed E-state index contributed by atoms with van der Waals surface area (Å²) in [5, 5.41) is 23.2. The number of amides is 2. The Hall–Kier alpha value is -3.64. The van der Waals surface area contributed by atoms with E-state index in [2.05, 4.69) is 10.6 Å². The zero-order valence-electron chi connectivity index (χ0n) is 16.5. The van der Waals surface area contributed by atoms with Gasteiger partial charge in [-0.15, -0.1) is 11.3 Å². The number of aliphatic carboxylic acids is 1. The molecule has 11 nitrogen and oxygen atoms in total. The molecule has 2 aliphatic rings. The molecule has 4 rings (SSSR count). The van der Waals surface area contributed by atoms with Crippen molar-refractivity contribution in [3.63, 3.8) is 0 Å².